The van der Waals surface area contributed by atoms with Gasteiger partial charge in [0.2, 0.25) is 0 Å². The van der Waals surface area contributed by atoms with E-state index in [9.17, 15) is 13.9 Å². The van der Waals surface area contributed by atoms with Crippen LogP contribution in [0, 0.1) is 0 Å². The fraction of sp³-hybridized carbons (Fsp3) is 0.429. The van der Waals surface area contributed by atoms with Gasteiger partial charge in [0.25, 0.3) is 0 Å². The molecule has 18 heavy (non-hydrogen) atoms. The number of aliphatic hydroxyl groups is 1. The molecule has 2 rings (SSSR count). The number of benzene rings is 1. The molecule has 0 amide bonds. The van der Waals surface area contributed by atoms with Gasteiger partial charge in [-0.3, -0.25) is 0 Å². The molecule has 1 aliphatic carbocycles. The highest BCUT2D eigenvalue weighted by atomic mass is 19.3. The van der Waals surface area contributed by atoms with Crippen LogP contribution in [0.25, 0.3) is 0 Å². The van der Waals surface area contributed by atoms with E-state index in [4.69, 9.17) is 0 Å². The van der Waals surface area contributed by atoms with Crippen molar-refractivity contribution in [1.29, 1.82) is 0 Å². The third-order valence-electron chi connectivity index (χ3n) is 3.11. The molecular formula is C14H16F2O2. The highest BCUT2D eigenvalue weighted by Gasteiger charge is 2.20. The molecule has 0 spiro atoms. The second-order valence-corrected chi connectivity index (χ2v) is 4.34. The largest absolute Gasteiger partial charge is 0.434 e. The Morgan fingerprint density at radius 2 is 1.94 bits per heavy atom. The zero-order valence-electron chi connectivity index (χ0n) is 9.98. The highest BCUT2D eigenvalue weighted by molar-refractivity contribution is 5.39. The van der Waals surface area contributed by atoms with Gasteiger partial charge in [0.05, 0.1) is 0 Å². The van der Waals surface area contributed by atoms with Crippen molar-refractivity contribution in [2.24, 2.45) is 0 Å². The van der Waals surface area contributed by atoms with Crippen molar-refractivity contribution >= 4 is 0 Å². The summed E-state index contributed by atoms with van der Waals surface area (Å²) < 4.78 is 29.0. The predicted octanol–water partition coefficient (Wildman–Crippen LogP) is 3.82. The average molecular weight is 254 g/mol. The molecule has 0 aromatic heterocycles. The van der Waals surface area contributed by atoms with E-state index in [-0.39, 0.29) is 5.75 Å². The molecule has 0 fully saturated rings. The smallest absolute Gasteiger partial charge is 0.387 e. The minimum Gasteiger partial charge on any atom is -0.434 e. The Hall–Kier alpha value is -1.42. The molecule has 0 saturated heterocycles. The molecule has 1 aromatic rings. The van der Waals surface area contributed by atoms with Crippen LogP contribution in [0.1, 0.15) is 37.4 Å². The van der Waals surface area contributed by atoms with E-state index in [0.29, 0.717) is 5.56 Å². The van der Waals surface area contributed by atoms with Crippen molar-refractivity contribution in [2.45, 2.75) is 38.4 Å². The molecule has 1 N–H and O–H groups in total. The maximum absolute atomic E-state index is 12.3. The van der Waals surface area contributed by atoms with E-state index in [0.717, 1.165) is 31.3 Å². The third kappa shape index (κ3) is 3.07. The zero-order chi connectivity index (χ0) is 13.0. The fourth-order valence-corrected chi connectivity index (χ4v) is 2.22. The number of alkyl halides is 2. The summed E-state index contributed by atoms with van der Waals surface area (Å²) >= 11 is 0. The lowest BCUT2D eigenvalue weighted by Gasteiger charge is -2.21. The molecule has 98 valence electrons. The normalized spacial score (nSPS) is 17.4. The van der Waals surface area contributed by atoms with Crippen molar-refractivity contribution in [1.82, 2.24) is 0 Å². The molecular weight excluding hydrogens is 238 g/mol. The number of aliphatic hydroxyl groups excluding tert-OH is 1. The Morgan fingerprint density at radius 3 is 2.61 bits per heavy atom. The van der Waals surface area contributed by atoms with Gasteiger partial charge in [-0.15, -0.1) is 0 Å². The van der Waals surface area contributed by atoms with Gasteiger partial charge in [-0.25, -0.2) is 0 Å². The molecule has 1 unspecified atom stereocenters. The molecule has 4 heteroatoms. The van der Waals surface area contributed by atoms with Crippen molar-refractivity contribution in [3.63, 3.8) is 0 Å². The number of hydrogen-bond acceptors (Lipinski definition) is 2. The summed E-state index contributed by atoms with van der Waals surface area (Å²) in [6.07, 6.45) is 5.04. The van der Waals surface area contributed by atoms with Gasteiger partial charge in [-0.1, -0.05) is 24.3 Å². The maximum atomic E-state index is 12.3. The van der Waals surface area contributed by atoms with Crippen LogP contribution >= 0.6 is 0 Å². The van der Waals surface area contributed by atoms with Crippen LogP contribution in [0.3, 0.4) is 0 Å². The number of para-hydroxylation sites is 1. The van der Waals surface area contributed by atoms with Crippen molar-refractivity contribution in [3.8, 4) is 5.75 Å². The van der Waals surface area contributed by atoms with E-state index in [1.54, 1.807) is 18.2 Å². The molecule has 1 aromatic carbocycles. The Labute approximate surface area is 105 Å². The monoisotopic (exact) mass is 254 g/mol. The number of ether oxygens (including phenoxy) is 1. The summed E-state index contributed by atoms with van der Waals surface area (Å²) in [5.41, 5.74) is 1.30. The fourth-order valence-electron chi connectivity index (χ4n) is 2.22. The van der Waals surface area contributed by atoms with Crippen LogP contribution in [0.5, 0.6) is 5.75 Å². The number of hydrogen-bond donors (Lipinski definition) is 1. The van der Waals surface area contributed by atoms with Crippen LogP contribution in [0.4, 0.5) is 8.78 Å². The SMILES string of the molecule is OC(C1=CCCCC1)c1ccccc1OC(F)F. The van der Waals surface area contributed by atoms with Gasteiger partial charge in [0, 0.05) is 5.56 Å². The maximum Gasteiger partial charge on any atom is 0.387 e. The summed E-state index contributed by atoms with van der Waals surface area (Å²) in [4.78, 5) is 0. The van der Waals surface area contributed by atoms with E-state index >= 15 is 0 Å². The van der Waals surface area contributed by atoms with E-state index < -0.39 is 12.7 Å². The van der Waals surface area contributed by atoms with Crippen LogP contribution in [0.2, 0.25) is 0 Å². The second-order valence-electron chi connectivity index (χ2n) is 4.34. The lowest BCUT2D eigenvalue weighted by molar-refractivity contribution is -0.0513. The first-order valence-electron chi connectivity index (χ1n) is 6.09. The van der Waals surface area contributed by atoms with Crippen molar-refractivity contribution < 1.29 is 18.6 Å². The topological polar surface area (TPSA) is 29.5 Å². The van der Waals surface area contributed by atoms with Crippen molar-refractivity contribution in [3.05, 3.63) is 41.5 Å². The van der Waals surface area contributed by atoms with Gasteiger partial charge in [0.1, 0.15) is 11.9 Å². The van der Waals surface area contributed by atoms with E-state index in [2.05, 4.69) is 4.74 Å². The Kier molecular flexibility index (Phi) is 4.31. The number of allylic oxidation sites excluding steroid dienone is 1. The van der Waals surface area contributed by atoms with Crippen LogP contribution in [-0.4, -0.2) is 11.7 Å². The van der Waals surface area contributed by atoms with E-state index in [1.807, 2.05) is 6.08 Å². The average Bonchev–Trinajstić information content (AvgIpc) is 2.39. The van der Waals surface area contributed by atoms with Gasteiger partial charge in [-0.05, 0) is 37.3 Å². The third-order valence-corrected chi connectivity index (χ3v) is 3.11. The van der Waals surface area contributed by atoms with Gasteiger partial charge < -0.3 is 9.84 Å². The Morgan fingerprint density at radius 1 is 1.17 bits per heavy atom. The summed E-state index contributed by atoms with van der Waals surface area (Å²) in [5, 5.41) is 10.2. The van der Waals surface area contributed by atoms with Crippen LogP contribution < -0.4 is 4.74 Å². The molecule has 1 aliphatic rings. The first kappa shape index (κ1) is 13.0. The van der Waals surface area contributed by atoms with Gasteiger partial charge >= 0.3 is 6.61 Å². The second kappa shape index (κ2) is 5.96. The Bertz CT molecular complexity index is 430. The van der Waals surface area contributed by atoms with Gasteiger partial charge in [-0.2, -0.15) is 8.78 Å². The van der Waals surface area contributed by atoms with Gasteiger partial charge in [0.15, 0.2) is 0 Å². The standard InChI is InChI=1S/C14H16F2O2/c15-14(16)18-12-9-5-4-8-11(12)13(17)10-6-2-1-3-7-10/h4-6,8-9,13-14,17H,1-3,7H2. The minimum absolute atomic E-state index is 0.0477. The van der Waals surface area contributed by atoms with E-state index in [1.165, 1.54) is 6.07 Å². The molecule has 0 aliphatic heterocycles. The molecule has 0 radical (unpaired) electrons. The summed E-state index contributed by atoms with van der Waals surface area (Å²) in [6, 6.07) is 6.40. The molecule has 1 atom stereocenters. The van der Waals surface area contributed by atoms with Crippen LogP contribution in [-0.2, 0) is 0 Å². The minimum atomic E-state index is -2.88. The summed E-state index contributed by atoms with van der Waals surface area (Å²) in [5.74, 6) is 0.0477. The molecule has 0 heterocycles. The quantitative estimate of drug-likeness (QED) is 0.828. The molecule has 0 saturated carbocycles. The lowest BCUT2D eigenvalue weighted by atomic mass is 9.91. The van der Waals surface area contributed by atoms with Crippen molar-refractivity contribution in [2.75, 3.05) is 0 Å². The first-order chi connectivity index (χ1) is 8.68. The first-order valence-corrected chi connectivity index (χ1v) is 6.09. The summed E-state index contributed by atoms with van der Waals surface area (Å²) in [6.45, 7) is -2.88. The summed E-state index contributed by atoms with van der Waals surface area (Å²) in [7, 11) is 0. The molecule has 0 bridgehead atoms. The predicted molar refractivity (Wildman–Crippen MR) is 64.6 cm³/mol. The molecule has 2 nitrogen and oxygen atoms in total. The number of halogens is 2. The zero-order valence-corrected chi connectivity index (χ0v) is 9.98. The highest BCUT2D eigenvalue weighted by Crippen LogP contribution is 2.34. The lowest BCUT2D eigenvalue weighted by Crippen LogP contribution is -2.09. The van der Waals surface area contributed by atoms with Crippen LogP contribution in [0.15, 0.2) is 35.9 Å². The number of rotatable bonds is 4. The Balaban J connectivity index is 2.23.